The highest BCUT2D eigenvalue weighted by Gasteiger charge is 2.52. The fourth-order valence-corrected chi connectivity index (χ4v) is 4.13. The molecule has 3 rings (SSSR count). The second-order valence-corrected chi connectivity index (χ2v) is 8.31. The van der Waals surface area contributed by atoms with Crippen molar-refractivity contribution in [1.82, 2.24) is 9.62 Å². The monoisotopic (exact) mass is 314 g/mol. The van der Waals surface area contributed by atoms with Gasteiger partial charge >= 0.3 is 0 Å². The van der Waals surface area contributed by atoms with E-state index in [0.717, 1.165) is 31.1 Å². The van der Waals surface area contributed by atoms with E-state index in [9.17, 15) is 13.2 Å². The van der Waals surface area contributed by atoms with Crippen molar-refractivity contribution in [3.8, 4) is 0 Å². The number of ether oxygens (including phenoxy) is 1. The summed E-state index contributed by atoms with van der Waals surface area (Å²) in [7, 11) is -3.23. The van der Waals surface area contributed by atoms with Gasteiger partial charge in [-0.15, -0.1) is 0 Å². The van der Waals surface area contributed by atoms with Crippen LogP contribution in [0.3, 0.4) is 0 Å². The predicted octanol–water partition coefficient (Wildman–Crippen LogP) is 0.121. The van der Waals surface area contributed by atoms with E-state index in [1.165, 1.54) is 0 Å². The quantitative estimate of drug-likeness (QED) is 0.800. The maximum atomic E-state index is 12.5. The number of hydrogen-bond acceptors (Lipinski definition) is 4. The maximum absolute atomic E-state index is 12.5. The molecule has 3 aliphatic rings. The summed E-state index contributed by atoms with van der Waals surface area (Å²) >= 11 is 0. The molecule has 0 aromatic heterocycles. The third-order valence-electron chi connectivity index (χ3n) is 4.81. The molecule has 6 nitrogen and oxygen atoms in total. The van der Waals surface area contributed by atoms with E-state index < -0.39 is 10.0 Å². The highest BCUT2D eigenvalue weighted by atomic mass is 32.2. The number of likely N-dealkylation sites (tertiary alicyclic amines) is 1. The van der Waals surface area contributed by atoms with Crippen LogP contribution in [-0.4, -0.2) is 58.3 Å². The molecule has 1 aliphatic carbocycles. The lowest BCUT2D eigenvalue weighted by Gasteiger charge is -2.27. The van der Waals surface area contributed by atoms with Gasteiger partial charge in [-0.1, -0.05) is 6.08 Å². The number of carbonyl (C=O) groups excluding carboxylic acids is 1. The van der Waals surface area contributed by atoms with Gasteiger partial charge in [0.05, 0.1) is 19.5 Å². The molecular weight excluding hydrogens is 292 g/mol. The molecular formula is C14H22N2O4S. The Kier molecular flexibility index (Phi) is 3.83. The molecule has 21 heavy (non-hydrogen) atoms. The van der Waals surface area contributed by atoms with Crippen molar-refractivity contribution in [2.75, 3.05) is 39.1 Å². The second-order valence-electron chi connectivity index (χ2n) is 6.47. The van der Waals surface area contributed by atoms with E-state index in [4.69, 9.17) is 4.74 Å². The minimum Gasteiger partial charge on any atom is -0.380 e. The number of rotatable bonds is 4. The number of carbonyl (C=O) groups is 1. The molecule has 1 amide bonds. The topological polar surface area (TPSA) is 75.7 Å². The Morgan fingerprint density at radius 1 is 1.57 bits per heavy atom. The highest BCUT2D eigenvalue weighted by Crippen LogP contribution is 2.41. The molecule has 2 aliphatic heterocycles. The van der Waals surface area contributed by atoms with Crippen LogP contribution in [0.5, 0.6) is 0 Å². The average Bonchev–Trinajstić information content (AvgIpc) is 3.10. The van der Waals surface area contributed by atoms with Gasteiger partial charge in [0, 0.05) is 36.5 Å². The van der Waals surface area contributed by atoms with Crippen LogP contribution in [0.2, 0.25) is 0 Å². The van der Waals surface area contributed by atoms with E-state index in [2.05, 4.69) is 4.72 Å². The summed E-state index contributed by atoms with van der Waals surface area (Å²) in [5.41, 5.74) is 0.653. The van der Waals surface area contributed by atoms with E-state index in [1.807, 2.05) is 11.0 Å². The van der Waals surface area contributed by atoms with Gasteiger partial charge in [-0.2, -0.15) is 0 Å². The molecule has 118 valence electrons. The van der Waals surface area contributed by atoms with E-state index in [1.54, 1.807) is 0 Å². The number of fused-ring (bicyclic) bond motifs is 1. The van der Waals surface area contributed by atoms with Crippen LogP contribution in [0.4, 0.5) is 0 Å². The average molecular weight is 314 g/mol. The Bertz CT molecular complexity index is 572. The Balaban J connectivity index is 1.71. The Morgan fingerprint density at radius 3 is 3.05 bits per heavy atom. The fourth-order valence-electron chi connectivity index (χ4n) is 3.58. The summed E-state index contributed by atoms with van der Waals surface area (Å²) in [5, 5.41) is 0. The van der Waals surface area contributed by atoms with Crippen LogP contribution < -0.4 is 4.72 Å². The predicted molar refractivity (Wildman–Crippen MR) is 78.1 cm³/mol. The van der Waals surface area contributed by atoms with Crippen molar-refractivity contribution >= 4 is 15.9 Å². The van der Waals surface area contributed by atoms with Gasteiger partial charge in [0.1, 0.15) is 0 Å². The molecule has 0 radical (unpaired) electrons. The first-order chi connectivity index (χ1) is 9.90. The van der Waals surface area contributed by atoms with E-state index in [0.29, 0.717) is 32.8 Å². The van der Waals surface area contributed by atoms with Gasteiger partial charge in [0.15, 0.2) is 0 Å². The standard InChI is InChI=1S/C14H22N2O4S/c1-21(18,19)15-8-14-9-16(6-12(14)7-20-10-14)13(17)11-4-2-3-5-11/h4,12,15H,2-3,5-10H2,1H3/t12-,14+/m0/s1. The van der Waals surface area contributed by atoms with Crippen LogP contribution in [0.15, 0.2) is 11.6 Å². The maximum Gasteiger partial charge on any atom is 0.249 e. The van der Waals surface area contributed by atoms with Gasteiger partial charge in [-0.25, -0.2) is 13.1 Å². The van der Waals surface area contributed by atoms with Crippen molar-refractivity contribution in [2.45, 2.75) is 19.3 Å². The smallest absolute Gasteiger partial charge is 0.249 e. The van der Waals surface area contributed by atoms with Crippen molar-refractivity contribution in [3.63, 3.8) is 0 Å². The first-order valence-electron chi connectivity index (χ1n) is 7.40. The minimum atomic E-state index is -3.23. The van der Waals surface area contributed by atoms with Gasteiger partial charge in [0.2, 0.25) is 15.9 Å². The molecule has 0 aromatic carbocycles. The Morgan fingerprint density at radius 2 is 2.38 bits per heavy atom. The molecule has 0 bridgehead atoms. The molecule has 0 aromatic rings. The summed E-state index contributed by atoms with van der Waals surface area (Å²) in [6.07, 6.45) is 6.11. The summed E-state index contributed by atoms with van der Waals surface area (Å²) in [6.45, 7) is 2.72. The molecule has 7 heteroatoms. The molecule has 0 spiro atoms. The second kappa shape index (κ2) is 5.37. The first kappa shape index (κ1) is 15.0. The van der Waals surface area contributed by atoms with Crippen LogP contribution >= 0.6 is 0 Å². The Hall–Kier alpha value is -0.920. The summed E-state index contributed by atoms with van der Waals surface area (Å²) in [5.74, 6) is 0.346. The normalized spacial score (nSPS) is 32.3. The van der Waals surface area contributed by atoms with Crippen LogP contribution in [0, 0.1) is 11.3 Å². The number of allylic oxidation sites excluding steroid dienone is 1. The van der Waals surface area contributed by atoms with Crippen LogP contribution in [0.25, 0.3) is 0 Å². The summed E-state index contributed by atoms with van der Waals surface area (Å²) < 4.78 is 30.9. The SMILES string of the molecule is CS(=O)(=O)NC[C@@]12COC[C@@H]1CN(C(=O)C1=CCCC1)C2. The lowest BCUT2D eigenvalue weighted by Crippen LogP contribution is -2.43. The van der Waals surface area contributed by atoms with Gasteiger partial charge < -0.3 is 9.64 Å². The number of amides is 1. The molecule has 2 atom stereocenters. The number of nitrogens with one attached hydrogen (secondary N) is 1. The van der Waals surface area contributed by atoms with Crippen molar-refractivity contribution in [3.05, 3.63) is 11.6 Å². The number of sulfonamides is 1. The van der Waals surface area contributed by atoms with Gasteiger partial charge in [0.25, 0.3) is 0 Å². The lowest BCUT2D eigenvalue weighted by atomic mass is 9.81. The third-order valence-corrected chi connectivity index (χ3v) is 5.48. The lowest BCUT2D eigenvalue weighted by molar-refractivity contribution is -0.127. The number of hydrogen-bond donors (Lipinski definition) is 1. The van der Waals surface area contributed by atoms with Crippen LogP contribution in [-0.2, 0) is 19.6 Å². The molecule has 2 saturated heterocycles. The van der Waals surface area contributed by atoms with Crippen molar-refractivity contribution < 1.29 is 17.9 Å². The summed E-state index contributed by atoms with van der Waals surface area (Å²) in [4.78, 5) is 14.4. The highest BCUT2D eigenvalue weighted by molar-refractivity contribution is 7.88. The molecule has 2 heterocycles. The zero-order chi connectivity index (χ0) is 15.1. The van der Waals surface area contributed by atoms with Crippen LogP contribution in [0.1, 0.15) is 19.3 Å². The molecule has 2 fully saturated rings. The Labute approximate surface area is 125 Å². The van der Waals surface area contributed by atoms with Crippen molar-refractivity contribution in [2.24, 2.45) is 11.3 Å². The molecule has 0 saturated carbocycles. The van der Waals surface area contributed by atoms with Gasteiger partial charge in [-0.05, 0) is 19.3 Å². The minimum absolute atomic E-state index is 0.126. The third kappa shape index (κ3) is 3.00. The fraction of sp³-hybridized carbons (Fsp3) is 0.786. The van der Waals surface area contributed by atoms with Gasteiger partial charge in [-0.3, -0.25) is 4.79 Å². The molecule has 1 N–H and O–H groups in total. The molecule has 0 unspecified atom stereocenters. The van der Waals surface area contributed by atoms with Crippen molar-refractivity contribution in [1.29, 1.82) is 0 Å². The largest absolute Gasteiger partial charge is 0.380 e. The zero-order valence-electron chi connectivity index (χ0n) is 12.3. The van der Waals surface area contributed by atoms with E-state index in [-0.39, 0.29) is 17.2 Å². The van der Waals surface area contributed by atoms with E-state index >= 15 is 0 Å². The number of nitrogens with zero attached hydrogens (tertiary/aromatic N) is 1. The first-order valence-corrected chi connectivity index (χ1v) is 9.29. The summed E-state index contributed by atoms with van der Waals surface area (Å²) in [6, 6.07) is 0. The zero-order valence-corrected chi connectivity index (χ0v) is 13.1.